The van der Waals surface area contributed by atoms with E-state index in [0.29, 0.717) is 32.0 Å². The van der Waals surface area contributed by atoms with Crippen LogP contribution in [0.3, 0.4) is 0 Å². The van der Waals surface area contributed by atoms with Gasteiger partial charge < -0.3 is 26.0 Å². The Morgan fingerprint density at radius 2 is 1.80 bits per heavy atom. The molecule has 1 aliphatic rings. The number of aliphatic imine (C=N–C) groups is 1. The smallest absolute Gasteiger partial charge is 0.408 e. The summed E-state index contributed by atoms with van der Waals surface area (Å²) in [4.78, 5) is 28.5. The first-order valence-corrected chi connectivity index (χ1v) is 12.1. The number of nitrogens with one attached hydrogen (secondary N) is 4. The van der Waals surface area contributed by atoms with Gasteiger partial charge in [-0.1, -0.05) is 0 Å². The van der Waals surface area contributed by atoms with Crippen LogP contribution in [0.15, 0.2) is 4.99 Å². The number of amides is 2. The van der Waals surface area contributed by atoms with Crippen molar-refractivity contribution < 1.29 is 22.7 Å². The molecule has 0 aromatic heterocycles. The maximum atomic E-state index is 12.0. The highest BCUT2D eigenvalue weighted by molar-refractivity contribution is 7.91. The number of guanidine groups is 1. The van der Waals surface area contributed by atoms with Crippen molar-refractivity contribution in [2.45, 2.75) is 71.6 Å². The summed E-state index contributed by atoms with van der Waals surface area (Å²) in [6, 6.07) is -0.302. The summed E-state index contributed by atoms with van der Waals surface area (Å²) in [6.45, 7) is 12.3. The second-order valence-corrected chi connectivity index (χ2v) is 11.3. The Balaban J connectivity index is 2.47. The molecule has 1 fully saturated rings. The van der Waals surface area contributed by atoms with Crippen LogP contribution in [-0.2, 0) is 19.4 Å². The molecule has 0 radical (unpaired) electrons. The van der Waals surface area contributed by atoms with Crippen LogP contribution in [0, 0.1) is 0 Å². The topological polar surface area (TPSA) is 138 Å². The molecule has 0 aliphatic carbocycles. The maximum Gasteiger partial charge on any atom is 0.408 e. The van der Waals surface area contributed by atoms with E-state index in [2.05, 4.69) is 26.3 Å². The Hall–Kier alpha value is -2.04. The van der Waals surface area contributed by atoms with Crippen LogP contribution < -0.4 is 21.3 Å². The van der Waals surface area contributed by atoms with Crippen LogP contribution in [0.4, 0.5) is 4.79 Å². The van der Waals surface area contributed by atoms with Gasteiger partial charge in [0.15, 0.2) is 15.8 Å². The number of hydrogen-bond acceptors (Lipinski definition) is 6. The van der Waals surface area contributed by atoms with Gasteiger partial charge in [0.25, 0.3) is 0 Å². The molecule has 0 saturated carbocycles. The van der Waals surface area contributed by atoms with Crippen molar-refractivity contribution in [1.82, 2.24) is 21.3 Å². The number of alkyl carbamates (subject to hydrolysis) is 1. The van der Waals surface area contributed by atoms with E-state index in [1.165, 1.54) is 0 Å². The summed E-state index contributed by atoms with van der Waals surface area (Å²) < 4.78 is 28.2. The number of rotatable bonds is 8. The molecule has 0 spiro atoms. The van der Waals surface area contributed by atoms with Crippen molar-refractivity contribution in [2.24, 2.45) is 4.99 Å². The molecule has 4 N–H and O–H groups in total. The van der Waals surface area contributed by atoms with Crippen LogP contribution in [0.2, 0.25) is 0 Å². The van der Waals surface area contributed by atoms with E-state index in [1.54, 1.807) is 20.8 Å². The van der Waals surface area contributed by atoms with E-state index in [1.807, 2.05) is 20.8 Å². The summed E-state index contributed by atoms with van der Waals surface area (Å²) in [7, 11) is -3.02. The summed E-state index contributed by atoms with van der Waals surface area (Å²) in [5, 5.41) is 11.7. The zero-order valence-corrected chi connectivity index (χ0v) is 19.7. The van der Waals surface area contributed by atoms with Crippen molar-refractivity contribution in [3.63, 3.8) is 0 Å². The van der Waals surface area contributed by atoms with Crippen molar-refractivity contribution in [1.29, 1.82) is 0 Å². The van der Waals surface area contributed by atoms with E-state index in [0.717, 1.165) is 0 Å². The summed E-state index contributed by atoms with van der Waals surface area (Å²) in [5.74, 6) is 0.455. The predicted octanol–water partition coefficient (Wildman–Crippen LogP) is 0.538. The van der Waals surface area contributed by atoms with E-state index in [9.17, 15) is 18.0 Å². The summed E-state index contributed by atoms with van der Waals surface area (Å²) >= 11 is 0. The molecule has 1 saturated heterocycles. The molecule has 0 aromatic carbocycles. The van der Waals surface area contributed by atoms with Crippen molar-refractivity contribution >= 4 is 27.8 Å². The Labute approximate surface area is 179 Å². The number of carbonyl (C=O) groups is 2. The molecular weight excluding hydrogens is 410 g/mol. The fraction of sp³-hybridized carbons (Fsp3) is 0.842. The highest BCUT2D eigenvalue weighted by Gasteiger charge is 2.28. The van der Waals surface area contributed by atoms with Gasteiger partial charge in [-0.25, -0.2) is 13.2 Å². The Morgan fingerprint density at radius 1 is 1.13 bits per heavy atom. The lowest BCUT2D eigenvalue weighted by atomic mass is 10.1. The quantitative estimate of drug-likeness (QED) is 0.315. The van der Waals surface area contributed by atoms with Crippen molar-refractivity contribution in [3.8, 4) is 0 Å². The van der Waals surface area contributed by atoms with E-state index >= 15 is 0 Å². The van der Waals surface area contributed by atoms with Gasteiger partial charge in [0, 0.05) is 25.6 Å². The molecule has 0 aromatic rings. The standard InChI is InChI=1S/C19H37N5O5S/c1-7-20-16(22-13-19(5,6)24-17(26)29-18(2,3)4)21-10-8-15(25)23-14-9-11-30(27,28)12-14/h14H,7-13H2,1-6H3,(H,23,25)(H,24,26)(H2,20,21,22). The number of carbonyl (C=O) groups excluding carboxylic acids is 2. The minimum Gasteiger partial charge on any atom is -0.444 e. The van der Waals surface area contributed by atoms with Gasteiger partial charge in [-0.05, 0) is 48.0 Å². The molecule has 1 rings (SSSR count). The van der Waals surface area contributed by atoms with Crippen molar-refractivity contribution in [3.05, 3.63) is 0 Å². The lowest BCUT2D eigenvalue weighted by Gasteiger charge is -2.27. The molecule has 11 heteroatoms. The maximum absolute atomic E-state index is 12.0. The Bertz CT molecular complexity index is 728. The lowest BCUT2D eigenvalue weighted by molar-refractivity contribution is -0.121. The third-order valence-electron chi connectivity index (χ3n) is 4.06. The Kier molecular flexibility index (Phi) is 9.38. The van der Waals surface area contributed by atoms with Gasteiger partial charge in [-0.3, -0.25) is 9.79 Å². The van der Waals surface area contributed by atoms with Gasteiger partial charge in [-0.2, -0.15) is 0 Å². The molecule has 30 heavy (non-hydrogen) atoms. The zero-order chi connectivity index (χ0) is 23.0. The number of nitrogens with zero attached hydrogens (tertiary/aromatic N) is 1. The molecular formula is C19H37N5O5S. The van der Waals surface area contributed by atoms with Crippen LogP contribution >= 0.6 is 0 Å². The van der Waals surface area contributed by atoms with Crippen LogP contribution in [0.5, 0.6) is 0 Å². The molecule has 2 amide bonds. The molecule has 1 aliphatic heterocycles. The summed E-state index contributed by atoms with van der Waals surface area (Å²) in [6.07, 6.45) is 0.150. The SMILES string of the molecule is CCNC(=NCC(C)(C)NC(=O)OC(C)(C)C)NCCC(=O)NC1CCS(=O)(=O)C1. The lowest BCUT2D eigenvalue weighted by Crippen LogP contribution is -2.49. The second-order valence-electron chi connectivity index (χ2n) is 9.05. The summed E-state index contributed by atoms with van der Waals surface area (Å²) in [5.41, 5.74) is -1.21. The zero-order valence-electron chi connectivity index (χ0n) is 18.9. The van der Waals surface area contributed by atoms with E-state index in [4.69, 9.17) is 4.74 Å². The average Bonchev–Trinajstić information content (AvgIpc) is 2.88. The Morgan fingerprint density at radius 3 is 2.33 bits per heavy atom. The van der Waals surface area contributed by atoms with Gasteiger partial charge in [0.05, 0.1) is 23.6 Å². The monoisotopic (exact) mass is 447 g/mol. The fourth-order valence-corrected chi connectivity index (χ4v) is 4.41. The van der Waals surface area contributed by atoms with Gasteiger partial charge in [0.1, 0.15) is 5.60 Å². The minimum absolute atomic E-state index is 0.00992. The molecule has 1 unspecified atom stereocenters. The normalized spacial score (nSPS) is 19.1. The first-order chi connectivity index (χ1) is 13.7. The third-order valence-corrected chi connectivity index (χ3v) is 5.83. The molecule has 0 bridgehead atoms. The first-order valence-electron chi connectivity index (χ1n) is 10.2. The van der Waals surface area contributed by atoms with Gasteiger partial charge >= 0.3 is 6.09 Å². The average molecular weight is 448 g/mol. The molecule has 1 heterocycles. The first kappa shape index (κ1) is 26.0. The fourth-order valence-electron chi connectivity index (χ4n) is 2.74. The molecule has 174 valence electrons. The molecule has 1 atom stereocenters. The van der Waals surface area contributed by atoms with Gasteiger partial charge in [-0.15, -0.1) is 0 Å². The molecule has 10 nitrogen and oxygen atoms in total. The number of sulfone groups is 1. The highest BCUT2D eigenvalue weighted by Crippen LogP contribution is 2.11. The van der Waals surface area contributed by atoms with Crippen LogP contribution in [0.1, 0.15) is 54.4 Å². The largest absolute Gasteiger partial charge is 0.444 e. The highest BCUT2D eigenvalue weighted by atomic mass is 32.2. The van der Waals surface area contributed by atoms with E-state index < -0.39 is 27.1 Å². The number of ether oxygens (including phenoxy) is 1. The van der Waals surface area contributed by atoms with Crippen LogP contribution in [-0.4, -0.2) is 74.7 Å². The van der Waals surface area contributed by atoms with Gasteiger partial charge in [0.2, 0.25) is 5.91 Å². The second kappa shape index (κ2) is 10.8. The van der Waals surface area contributed by atoms with Crippen molar-refractivity contribution in [2.75, 3.05) is 31.1 Å². The number of hydrogen-bond donors (Lipinski definition) is 4. The predicted molar refractivity (Wildman–Crippen MR) is 117 cm³/mol. The van der Waals surface area contributed by atoms with E-state index in [-0.39, 0.29) is 29.9 Å². The van der Waals surface area contributed by atoms with Crippen LogP contribution in [0.25, 0.3) is 0 Å². The minimum atomic E-state index is -3.02. The third kappa shape index (κ3) is 11.2.